The lowest BCUT2D eigenvalue weighted by Crippen LogP contribution is -2.52. The molecule has 1 fully saturated rings. The molecule has 0 spiro atoms. The standard InChI is InChI=1S/C15H21N3O3/c1-15(2,12-4-6-13(7-5-12)18(20)21)14(19)17-10-8-16(3)9-11-17/h4-7H,8-11H2,1-3H3. The molecule has 1 saturated heterocycles. The number of nitro groups is 1. The number of likely N-dealkylation sites (N-methyl/N-ethyl adjacent to an activating group) is 1. The van der Waals surface area contributed by atoms with Crippen LogP contribution in [0.4, 0.5) is 5.69 Å². The zero-order chi connectivity index (χ0) is 15.6. The van der Waals surface area contributed by atoms with Crippen LogP contribution in [0.15, 0.2) is 24.3 Å². The minimum Gasteiger partial charge on any atom is -0.339 e. The maximum absolute atomic E-state index is 12.7. The fourth-order valence-electron chi connectivity index (χ4n) is 2.53. The zero-order valence-electron chi connectivity index (χ0n) is 12.7. The SMILES string of the molecule is CN1CCN(C(=O)C(C)(C)c2ccc([N+](=O)[O-])cc2)CC1. The second-order valence-corrected chi connectivity index (χ2v) is 6.02. The van der Waals surface area contributed by atoms with Crippen molar-refractivity contribution in [1.29, 1.82) is 0 Å². The van der Waals surface area contributed by atoms with Crippen LogP contribution in [0, 0.1) is 10.1 Å². The van der Waals surface area contributed by atoms with Crippen molar-refractivity contribution in [3.63, 3.8) is 0 Å². The summed E-state index contributed by atoms with van der Waals surface area (Å²) in [6.07, 6.45) is 0. The molecule has 6 nitrogen and oxygen atoms in total. The molecule has 114 valence electrons. The summed E-state index contributed by atoms with van der Waals surface area (Å²) in [6.45, 7) is 6.95. The van der Waals surface area contributed by atoms with E-state index >= 15 is 0 Å². The van der Waals surface area contributed by atoms with E-state index in [1.165, 1.54) is 12.1 Å². The molecule has 2 rings (SSSR count). The highest BCUT2D eigenvalue weighted by atomic mass is 16.6. The fourth-order valence-corrected chi connectivity index (χ4v) is 2.53. The van der Waals surface area contributed by atoms with E-state index in [4.69, 9.17) is 0 Å². The van der Waals surface area contributed by atoms with Gasteiger partial charge in [-0.05, 0) is 26.5 Å². The quantitative estimate of drug-likeness (QED) is 0.627. The Morgan fingerprint density at radius 1 is 1.14 bits per heavy atom. The van der Waals surface area contributed by atoms with Crippen molar-refractivity contribution in [2.45, 2.75) is 19.3 Å². The lowest BCUT2D eigenvalue weighted by molar-refractivity contribution is -0.384. The minimum absolute atomic E-state index is 0.0431. The van der Waals surface area contributed by atoms with Crippen LogP contribution < -0.4 is 0 Å². The molecule has 1 heterocycles. The number of carbonyl (C=O) groups is 1. The molecule has 0 aliphatic carbocycles. The molecular weight excluding hydrogens is 270 g/mol. The molecule has 1 aliphatic rings. The van der Waals surface area contributed by atoms with Crippen LogP contribution in [0.25, 0.3) is 0 Å². The van der Waals surface area contributed by atoms with E-state index in [1.54, 1.807) is 12.1 Å². The van der Waals surface area contributed by atoms with Gasteiger partial charge in [0.25, 0.3) is 5.69 Å². The van der Waals surface area contributed by atoms with Crippen LogP contribution in [-0.2, 0) is 10.2 Å². The van der Waals surface area contributed by atoms with Gasteiger partial charge < -0.3 is 9.80 Å². The average molecular weight is 291 g/mol. The Morgan fingerprint density at radius 3 is 2.14 bits per heavy atom. The molecular formula is C15H21N3O3. The Kier molecular flexibility index (Phi) is 4.27. The van der Waals surface area contributed by atoms with Crippen molar-refractivity contribution in [2.75, 3.05) is 33.2 Å². The molecule has 0 aromatic heterocycles. The summed E-state index contributed by atoms with van der Waals surface area (Å²) in [5.74, 6) is 0.0736. The Morgan fingerprint density at radius 2 is 1.67 bits per heavy atom. The topological polar surface area (TPSA) is 66.7 Å². The van der Waals surface area contributed by atoms with Gasteiger partial charge in [0.2, 0.25) is 5.91 Å². The summed E-state index contributed by atoms with van der Waals surface area (Å²) < 4.78 is 0. The van der Waals surface area contributed by atoms with Crippen molar-refractivity contribution in [1.82, 2.24) is 9.80 Å². The van der Waals surface area contributed by atoms with Crippen molar-refractivity contribution < 1.29 is 9.72 Å². The summed E-state index contributed by atoms with van der Waals surface area (Å²) in [5.41, 5.74) is 0.170. The van der Waals surface area contributed by atoms with E-state index in [2.05, 4.69) is 4.90 Å². The Labute approximate surface area is 124 Å². The molecule has 0 atom stereocenters. The van der Waals surface area contributed by atoms with Crippen molar-refractivity contribution in [3.05, 3.63) is 39.9 Å². The van der Waals surface area contributed by atoms with Crippen LogP contribution in [0.2, 0.25) is 0 Å². The van der Waals surface area contributed by atoms with Gasteiger partial charge in [-0.25, -0.2) is 0 Å². The summed E-state index contributed by atoms with van der Waals surface area (Å²) in [5, 5.41) is 10.7. The van der Waals surface area contributed by atoms with Gasteiger partial charge >= 0.3 is 0 Å². The summed E-state index contributed by atoms with van der Waals surface area (Å²) in [7, 11) is 2.04. The predicted molar refractivity (Wildman–Crippen MR) is 80.2 cm³/mol. The molecule has 0 radical (unpaired) electrons. The number of non-ortho nitro benzene ring substituents is 1. The highest BCUT2D eigenvalue weighted by molar-refractivity contribution is 5.87. The Balaban J connectivity index is 2.16. The number of amides is 1. The maximum atomic E-state index is 12.7. The fraction of sp³-hybridized carbons (Fsp3) is 0.533. The summed E-state index contributed by atoms with van der Waals surface area (Å²) in [6, 6.07) is 6.25. The molecule has 1 aromatic rings. The molecule has 0 bridgehead atoms. The third-order valence-electron chi connectivity index (χ3n) is 4.12. The van der Waals surface area contributed by atoms with Gasteiger partial charge in [-0.2, -0.15) is 0 Å². The first kappa shape index (κ1) is 15.4. The molecule has 0 unspecified atom stereocenters. The van der Waals surface area contributed by atoms with Gasteiger partial charge in [0, 0.05) is 38.3 Å². The highest BCUT2D eigenvalue weighted by Crippen LogP contribution is 2.27. The van der Waals surface area contributed by atoms with Crippen LogP contribution >= 0.6 is 0 Å². The molecule has 1 amide bonds. The summed E-state index contributed by atoms with van der Waals surface area (Å²) in [4.78, 5) is 27.1. The Bertz CT molecular complexity index is 532. The van der Waals surface area contributed by atoms with Crippen molar-refractivity contribution >= 4 is 11.6 Å². The smallest absolute Gasteiger partial charge is 0.269 e. The molecule has 0 N–H and O–H groups in total. The second kappa shape index (κ2) is 5.81. The number of hydrogen-bond donors (Lipinski definition) is 0. The first-order valence-electron chi connectivity index (χ1n) is 7.05. The molecule has 1 aliphatic heterocycles. The van der Waals surface area contributed by atoms with E-state index < -0.39 is 10.3 Å². The number of carbonyl (C=O) groups excluding carboxylic acids is 1. The number of piperazine rings is 1. The van der Waals surface area contributed by atoms with Gasteiger partial charge in [-0.1, -0.05) is 12.1 Å². The van der Waals surface area contributed by atoms with Crippen molar-refractivity contribution in [3.8, 4) is 0 Å². The minimum atomic E-state index is -0.676. The largest absolute Gasteiger partial charge is 0.339 e. The number of hydrogen-bond acceptors (Lipinski definition) is 4. The van der Waals surface area contributed by atoms with E-state index in [0.717, 1.165) is 31.7 Å². The molecule has 6 heteroatoms. The first-order chi connectivity index (χ1) is 9.82. The lowest BCUT2D eigenvalue weighted by atomic mass is 9.83. The third-order valence-corrected chi connectivity index (χ3v) is 4.12. The van der Waals surface area contributed by atoms with E-state index in [9.17, 15) is 14.9 Å². The van der Waals surface area contributed by atoms with E-state index in [0.29, 0.717) is 0 Å². The number of nitro benzene ring substituents is 1. The molecule has 0 saturated carbocycles. The average Bonchev–Trinajstić information content (AvgIpc) is 2.47. The van der Waals surface area contributed by atoms with Gasteiger partial charge in [-0.3, -0.25) is 14.9 Å². The molecule has 21 heavy (non-hydrogen) atoms. The van der Waals surface area contributed by atoms with Gasteiger partial charge in [0.1, 0.15) is 0 Å². The van der Waals surface area contributed by atoms with Crippen LogP contribution in [0.3, 0.4) is 0 Å². The van der Waals surface area contributed by atoms with E-state index in [-0.39, 0.29) is 11.6 Å². The lowest BCUT2D eigenvalue weighted by Gasteiger charge is -2.37. The number of benzene rings is 1. The first-order valence-corrected chi connectivity index (χ1v) is 7.05. The zero-order valence-corrected chi connectivity index (χ0v) is 12.7. The van der Waals surface area contributed by atoms with Crippen LogP contribution in [0.5, 0.6) is 0 Å². The van der Waals surface area contributed by atoms with Crippen LogP contribution in [0.1, 0.15) is 19.4 Å². The Hall–Kier alpha value is -1.95. The van der Waals surface area contributed by atoms with Gasteiger partial charge in [0.05, 0.1) is 10.3 Å². The normalized spacial score (nSPS) is 16.8. The number of nitrogens with zero attached hydrogens (tertiary/aromatic N) is 3. The number of rotatable bonds is 3. The van der Waals surface area contributed by atoms with E-state index in [1.807, 2.05) is 25.8 Å². The van der Waals surface area contributed by atoms with Gasteiger partial charge in [-0.15, -0.1) is 0 Å². The van der Waals surface area contributed by atoms with Gasteiger partial charge in [0.15, 0.2) is 0 Å². The third kappa shape index (κ3) is 3.21. The van der Waals surface area contributed by atoms with Crippen LogP contribution in [-0.4, -0.2) is 53.9 Å². The second-order valence-electron chi connectivity index (χ2n) is 6.02. The highest BCUT2D eigenvalue weighted by Gasteiger charge is 2.35. The monoisotopic (exact) mass is 291 g/mol. The predicted octanol–water partition coefficient (Wildman–Crippen LogP) is 1.65. The van der Waals surface area contributed by atoms with Crippen molar-refractivity contribution in [2.24, 2.45) is 0 Å². The maximum Gasteiger partial charge on any atom is 0.269 e. The summed E-state index contributed by atoms with van der Waals surface area (Å²) >= 11 is 0. The molecule has 1 aromatic carbocycles.